The number of thioether (sulfide) groups is 1. The molecule has 0 spiro atoms. The molecule has 0 saturated carbocycles. The van der Waals surface area contributed by atoms with E-state index in [4.69, 9.17) is 11.6 Å². The third-order valence-electron chi connectivity index (χ3n) is 4.82. The first kappa shape index (κ1) is 17.2. The van der Waals surface area contributed by atoms with Gasteiger partial charge in [0.2, 0.25) is 5.91 Å². The number of nitriles is 1. The van der Waals surface area contributed by atoms with Crippen LogP contribution in [0.25, 0.3) is 0 Å². The summed E-state index contributed by atoms with van der Waals surface area (Å²) in [4.78, 5) is 14.3. The lowest BCUT2D eigenvalue weighted by molar-refractivity contribution is -0.149. The molecule has 0 radical (unpaired) electrons. The van der Waals surface area contributed by atoms with Gasteiger partial charge in [0.05, 0.1) is 22.4 Å². The van der Waals surface area contributed by atoms with Gasteiger partial charge in [-0.2, -0.15) is 5.26 Å². The van der Waals surface area contributed by atoms with Gasteiger partial charge >= 0.3 is 0 Å². The van der Waals surface area contributed by atoms with Crippen molar-refractivity contribution in [3.8, 4) is 6.07 Å². The van der Waals surface area contributed by atoms with Crippen LogP contribution < -0.4 is 0 Å². The number of amides is 1. The van der Waals surface area contributed by atoms with Gasteiger partial charge in [-0.1, -0.05) is 54.1 Å². The van der Waals surface area contributed by atoms with E-state index < -0.39 is 5.72 Å². The summed E-state index contributed by atoms with van der Waals surface area (Å²) >= 11 is 7.29. The van der Waals surface area contributed by atoms with E-state index in [0.717, 1.165) is 5.56 Å². The monoisotopic (exact) mass is 382 g/mol. The van der Waals surface area contributed by atoms with E-state index >= 15 is 0 Å². The van der Waals surface area contributed by atoms with Crippen LogP contribution in [0.15, 0.2) is 65.2 Å². The van der Waals surface area contributed by atoms with Crippen LogP contribution in [-0.4, -0.2) is 21.7 Å². The van der Waals surface area contributed by atoms with Gasteiger partial charge in [0, 0.05) is 22.9 Å². The van der Waals surface area contributed by atoms with Gasteiger partial charge in [-0.25, -0.2) is 0 Å². The van der Waals surface area contributed by atoms with Gasteiger partial charge in [-0.3, -0.25) is 9.69 Å². The number of carbonyl (C=O) groups excluding carboxylic acids is 1. The number of rotatable bonds is 2. The summed E-state index contributed by atoms with van der Waals surface area (Å²) < 4.78 is 0. The van der Waals surface area contributed by atoms with Crippen molar-refractivity contribution < 1.29 is 9.90 Å². The maximum absolute atomic E-state index is 13.0. The minimum absolute atomic E-state index is 0.160. The van der Waals surface area contributed by atoms with Crippen molar-refractivity contribution in [3.63, 3.8) is 0 Å². The number of carbonyl (C=O) groups is 1. The van der Waals surface area contributed by atoms with E-state index in [-0.39, 0.29) is 24.0 Å². The Morgan fingerprint density at radius 1 is 1.19 bits per heavy atom. The SMILES string of the molecule is N#CC1=C2SCC(O)(c3ccc(Cl)cc3)N2C(=O)CC1c1ccccc1. The molecule has 2 heterocycles. The number of halogens is 1. The Bertz CT molecular complexity index is 937. The molecule has 0 aromatic heterocycles. The molecule has 130 valence electrons. The number of aliphatic hydroxyl groups is 1. The molecule has 0 bridgehead atoms. The molecule has 26 heavy (non-hydrogen) atoms. The zero-order chi connectivity index (χ0) is 18.3. The normalized spacial score (nSPS) is 25.2. The lowest BCUT2D eigenvalue weighted by Gasteiger charge is -2.38. The Morgan fingerprint density at radius 2 is 1.88 bits per heavy atom. The summed E-state index contributed by atoms with van der Waals surface area (Å²) in [7, 11) is 0. The number of benzene rings is 2. The summed E-state index contributed by atoms with van der Waals surface area (Å²) in [6, 6.07) is 18.6. The van der Waals surface area contributed by atoms with Gasteiger partial charge in [-0.15, -0.1) is 11.8 Å². The Morgan fingerprint density at radius 3 is 2.54 bits per heavy atom. The Labute approximate surface area is 160 Å². The molecule has 1 saturated heterocycles. The maximum atomic E-state index is 13.0. The van der Waals surface area contributed by atoms with E-state index in [2.05, 4.69) is 6.07 Å². The van der Waals surface area contributed by atoms with Crippen LogP contribution in [0.5, 0.6) is 0 Å². The summed E-state index contributed by atoms with van der Waals surface area (Å²) in [6.45, 7) is 0. The fourth-order valence-electron chi connectivity index (χ4n) is 3.53. The third-order valence-corrected chi connectivity index (χ3v) is 6.29. The van der Waals surface area contributed by atoms with Crippen molar-refractivity contribution in [2.75, 3.05) is 5.75 Å². The van der Waals surface area contributed by atoms with Crippen LogP contribution in [0.4, 0.5) is 0 Å². The number of fused-ring (bicyclic) bond motifs is 1. The molecule has 1 amide bonds. The fourth-order valence-corrected chi connectivity index (χ4v) is 5.01. The summed E-state index contributed by atoms with van der Waals surface area (Å²) in [5.74, 6) is -0.183. The van der Waals surface area contributed by atoms with Crippen LogP contribution in [0.3, 0.4) is 0 Å². The quantitative estimate of drug-likeness (QED) is 0.853. The van der Waals surface area contributed by atoms with Gasteiger partial charge in [0.25, 0.3) is 0 Å². The zero-order valence-corrected chi connectivity index (χ0v) is 15.3. The predicted octanol–water partition coefficient (Wildman–Crippen LogP) is 3.98. The highest BCUT2D eigenvalue weighted by Gasteiger charge is 2.51. The molecule has 4 nitrogen and oxygen atoms in total. The minimum atomic E-state index is -1.47. The number of hydrogen-bond acceptors (Lipinski definition) is 4. The highest BCUT2D eigenvalue weighted by atomic mass is 35.5. The highest BCUT2D eigenvalue weighted by Crippen LogP contribution is 2.51. The van der Waals surface area contributed by atoms with Gasteiger partial charge in [-0.05, 0) is 17.7 Å². The molecule has 2 atom stereocenters. The van der Waals surface area contributed by atoms with E-state index in [0.29, 0.717) is 21.2 Å². The minimum Gasteiger partial charge on any atom is -0.366 e. The summed E-state index contributed by atoms with van der Waals surface area (Å²) in [5, 5.41) is 22.2. The van der Waals surface area contributed by atoms with Gasteiger partial charge in [0.15, 0.2) is 5.72 Å². The van der Waals surface area contributed by atoms with Crippen LogP contribution in [-0.2, 0) is 10.5 Å². The second-order valence-electron chi connectivity index (χ2n) is 6.34. The molecule has 2 aromatic rings. The molecule has 2 aliphatic heterocycles. The van der Waals surface area contributed by atoms with E-state index in [1.807, 2.05) is 30.3 Å². The maximum Gasteiger partial charge on any atom is 0.231 e. The lowest BCUT2D eigenvalue weighted by Crippen LogP contribution is -2.48. The van der Waals surface area contributed by atoms with Crippen LogP contribution in [0.2, 0.25) is 5.02 Å². The fraction of sp³-hybridized carbons (Fsp3) is 0.200. The van der Waals surface area contributed by atoms with Crippen molar-refractivity contribution in [3.05, 3.63) is 81.3 Å². The zero-order valence-electron chi connectivity index (χ0n) is 13.7. The Balaban J connectivity index is 1.81. The molecule has 2 aliphatic rings. The second kappa shape index (κ2) is 6.48. The number of nitrogens with zero attached hydrogens (tertiary/aromatic N) is 2. The molecule has 4 rings (SSSR count). The van der Waals surface area contributed by atoms with Gasteiger partial charge < -0.3 is 5.11 Å². The summed E-state index contributed by atoms with van der Waals surface area (Å²) in [5.41, 5.74) is 0.594. The van der Waals surface area contributed by atoms with Gasteiger partial charge in [0.1, 0.15) is 0 Å². The second-order valence-corrected chi connectivity index (χ2v) is 7.74. The Hall–Kier alpha value is -2.26. The smallest absolute Gasteiger partial charge is 0.231 e. The Kier molecular flexibility index (Phi) is 4.28. The van der Waals surface area contributed by atoms with Crippen molar-refractivity contribution in [2.24, 2.45) is 0 Å². The first-order valence-electron chi connectivity index (χ1n) is 8.18. The average Bonchev–Trinajstić information content (AvgIpc) is 3.02. The van der Waals surface area contributed by atoms with Crippen molar-refractivity contribution in [1.29, 1.82) is 5.26 Å². The van der Waals surface area contributed by atoms with Crippen molar-refractivity contribution in [2.45, 2.75) is 18.1 Å². The van der Waals surface area contributed by atoms with Crippen LogP contribution in [0.1, 0.15) is 23.5 Å². The molecule has 1 N–H and O–H groups in total. The standard InChI is InChI=1S/C20H15ClN2O2S/c21-15-8-6-14(7-9-15)20(25)12-26-19-17(11-22)16(10-18(24)23(19)20)13-4-2-1-3-5-13/h1-9,16,25H,10,12H2. The molecular weight excluding hydrogens is 368 g/mol. The van der Waals surface area contributed by atoms with E-state index in [1.54, 1.807) is 24.3 Å². The van der Waals surface area contributed by atoms with Crippen molar-refractivity contribution in [1.82, 2.24) is 4.90 Å². The van der Waals surface area contributed by atoms with Crippen molar-refractivity contribution >= 4 is 29.3 Å². The van der Waals surface area contributed by atoms with Crippen LogP contribution in [0, 0.1) is 11.3 Å². The first-order chi connectivity index (χ1) is 12.5. The van der Waals surface area contributed by atoms with E-state index in [1.165, 1.54) is 16.7 Å². The third kappa shape index (κ3) is 2.62. The molecule has 1 fully saturated rings. The molecule has 2 unspecified atom stereocenters. The lowest BCUT2D eigenvalue weighted by atomic mass is 9.85. The molecular formula is C20H15ClN2O2S. The van der Waals surface area contributed by atoms with Crippen LogP contribution >= 0.6 is 23.4 Å². The summed E-state index contributed by atoms with van der Waals surface area (Å²) in [6.07, 6.45) is 0.160. The molecule has 2 aromatic carbocycles. The highest BCUT2D eigenvalue weighted by molar-refractivity contribution is 8.03. The number of allylic oxidation sites excluding steroid dienone is 1. The largest absolute Gasteiger partial charge is 0.366 e. The first-order valence-corrected chi connectivity index (χ1v) is 9.54. The molecule has 0 aliphatic carbocycles. The number of hydrogen-bond donors (Lipinski definition) is 1. The average molecular weight is 383 g/mol. The molecule has 6 heteroatoms. The predicted molar refractivity (Wildman–Crippen MR) is 101 cm³/mol. The van der Waals surface area contributed by atoms with E-state index in [9.17, 15) is 15.2 Å². The topological polar surface area (TPSA) is 64.3 Å².